The van der Waals surface area contributed by atoms with E-state index in [0.29, 0.717) is 5.69 Å². The van der Waals surface area contributed by atoms with Gasteiger partial charge in [-0.2, -0.15) is 10.4 Å². The summed E-state index contributed by atoms with van der Waals surface area (Å²) in [6.45, 7) is 9.86. The summed E-state index contributed by atoms with van der Waals surface area (Å²) >= 11 is 0. The third-order valence-electron chi connectivity index (χ3n) is 4.52. The Hall–Kier alpha value is -2.39. The molecule has 0 bridgehead atoms. The monoisotopic (exact) mass is 324 g/mol. The first kappa shape index (κ1) is 16.5. The standard InChI is InChI=1S/C18H24N6/c1-3-24-14-16(12-20-24)13-22-7-4-8-23(10-9-22)18-6-5-15(2)17(11-19)21-18/h5-6,12,14H,3-4,7-10,13H2,1-2H3. The van der Waals surface area contributed by atoms with Crippen LogP contribution in [-0.2, 0) is 13.1 Å². The molecule has 1 fully saturated rings. The number of anilines is 1. The molecule has 0 aromatic carbocycles. The number of aryl methyl sites for hydroxylation is 2. The van der Waals surface area contributed by atoms with E-state index in [4.69, 9.17) is 0 Å². The van der Waals surface area contributed by atoms with Gasteiger partial charge in [0.15, 0.2) is 0 Å². The van der Waals surface area contributed by atoms with E-state index in [9.17, 15) is 5.26 Å². The Morgan fingerprint density at radius 1 is 1.21 bits per heavy atom. The van der Waals surface area contributed by atoms with Crippen LogP contribution in [0.15, 0.2) is 24.5 Å². The molecule has 1 aliphatic rings. The van der Waals surface area contributed by atoms with Crippen molar-refractivity contribution in [1.82, 2.24) is 19.7 Å². The number of aromatic nitrogens is 3. The number of pyridine rings is 1. The molecular weight excluding hydrogens is 300 g/mol. The average Bonchev–Trinajstić information content (AvgIpc) is 2.93. The quantitative estimate of drug-likeness (QED) is 0.863. The molecule has 3 rings (SSSR count). The lowest BCUT2D eigenvalue weighted by Crippen LogP contribution is -2.31. The molecule has 0 atom stereocenters. The molecule has 6 heteroatoms. The van der Waals surface area contributed by atoms with E-state index in [2.05, 4.69) is 39.1 Å². The fourth-order valence-electron chi connectivity index (χ4n) is 3.09. The van der Waals surface area contributed by atoms with Gasteiger partial charge in [-0.15, -0.1) is 0 Å². The lowest BCUT2D eigenvalue weighted by molar-refractivity contribution is 0.285. The maximum Gasteiger partial charge on any atom is 0.145 e. The topological polar surface area (TPSA) is 61.0 Å². The van der Waals surface area contributed by atoms with E-state index in [0.717, 1.165) is 57.1 Å². The van der Waals surface area contributed by atoms with Crippen LogP contribution in [0.2, 0.25) is 0 Å². The molecule has 2 aromatic rings. The minimum absolute atomic E-state index is 0.528. The average molecular weight is 324 g/mol. The maximum absolute atomic E-state index is 9.18. The van der Waals surface area contributed by atoms with Crippen molar-refractivity contribution >= 4 is 5.82 Å². The van der Waals surface area contributed by atoms with E-state index >= 15 is 0 Å². The van der Waals surface area contributed by atoms with Gasteiger partial charge in [0, 0.05) is 51.0 Å². The Labute approximate surface area is 143 Å². The van der Waals surface area contributed by atoms with Crippen molar-refractivity contribution in [3.8, 4) is 6.07 Å². The number of hydrogen-bond donors (Lipinski definition) is 0. The summed E-state index contributed by atoms with van der Waals surface area (Å²) in [5.74, 6) is 0.915. The highest BCUT2D eigenvalue weighted by molar-refractivity contribution is 5.45. The van der Waals surface area contributed by atoms with Crippen LogP contribution < -0.4 is 4.90 Å². The highest BCUT2D eigenvalue weighted by atomic mass is 15.3. The largest absolute Gasteiger partial charge is 0.355 e. The third kappa shape index (κ3) is 3.74. The van der Waals surface area contributed by atoms with Crippen LogP contribution in [0.25, 0.3) is 0 Å². The van der Waals surface area contributed by atoms with E-state index in [1.54, 1.807) is 0 Å². The predicted molar refractivity (Wildman–Crippen MR) is 93.7 cm³/mol. The van der Waals surface area contributed by atoms with Crippen LogP contribution in [0.4, 0.5) is 5.82 Å². The van der Waals surface area contributed by atoms with Crippen molar-refractivity contribution in [3.05, 3.63) is 41.3 Å². The van der Waals surface area contributed by atoms with Gasteiger partial charge >= 0.3 is 0 Å². The summed E-state index contributed by atoms with van der Waals surface area (Å²) in [6.07, 6.45) is 5.19. The molecule has 0 unspecified atom stereocenters. The van der Waals surface area contributed by atoms with Crippen LogP contribution in [-0.4, -0.2) is 45.8 Å². The first-order valence-corrected chi connectivity index (χ1v) is 8.56. The zero-order valence-corrected chi connectivity index (χ0v) is 14.4. The van der Waals surface area contributed by atoms with Gasteiger partial charge in [0.2, 0.25) is 0 Å². The van der Waals surface area contributed by atoms with Crippen molar-refractivity contribution < 1.29 is 0 Å². The summed E-state index contributed by atoms with van der Waals surface area (Å²) < 4.78 is 1.97. The molecule has 1 aliphatic heterocycles. The predicted octanol–water partition coefficient (Wildman–Crippen LogP) is 2.19. The van der Waals surface area contributed by atoms with Gasteiger partial charge in [-0.1, -0.05) is 6.07 Å². The van der Waals surface area contributed by atoms with Gasteiger partial charge in [0.05, 0.1) is 6.20 Å². The van der Waals surface area contributed by atoms with Crippen molar-refractivity contribution in [3.63, 3.8) is 0 Å². The fourth-order valence-corrected chi connectivity index (χ4v) is 3.09. The van der Waals surface area contributed by atoms with Crippen molar-refractivity contribution in [1.29, 1.82) is 5.26 Å². The van der Waals surface area contributed by atoms with Gasteiger partial charge < -0.3 is 4.90 Å². The Morgan fingerprint density at radius 2 is 2.08 bits per heavy atom. The lowest BCUT2D eigenvalue weighted by Gasteiger charge is -2.22. The maximum atomic E-state index is 9.18. The summed E-state index contributed by atoms with van der Waals surface area (Å²) in [4.78, 5) is 9.27. The summed E-state index contributed by atoms with van der Waals surface area (Å²) in [7, 11) is 0. The summed E-state index contributed by atoms with van der Waals surface area (Å²) in [5.41, 5.74) is 2.73. The number of rotatable bonds is 4. The number of nitrogens with zero attached hydrogens (tertiary/aromatic N) is 6. The SMILES string of the molecule is CCn1cc(CN2CCCN(c3ccc(C)c(C#N)n3)CC2)cn1. The molecule has 0 amide bonds. The van der Waals surface area contributed by atoms with Gasteiger partial charge in [-0.05, 0) is 31.9 Å². The Morgan fingerprint density at radius 3 is 2.83 bits per heavy atom. The summed E-state index contributed by atoms with van der Waals surface area (Å²) in [6, 6.07) is 6.20. The molecule has 0 N–H and O–H groups in total. The van der Waals surface area contributed by atoms with Gasteiger partial charge in [0.1, 0.15) is 17.6 Å². The molecule has 0 spiro atoms. The molecule has 0 saturated carbocycles. The highest BCUT2D eigenvalue weighted by Gasteiger charge is 2.17. The Balaban J connectivity index is 1.63. The minimum atomic E-state index is 0.528. The molecule has 0 aliphatic carbocycles. The van der Waals surface area contributed by atoms with Crippen molar-refractivity contribution in [2.24, 2.45) is 0 Å². The van der Waals surface area contributed by atoms with Crippen molar-refractivity contribution in [2.75, 3.05) is 31.1 Å². The van der Waals surface area contributed by atoms with Crippen LogP contribution in [0.5, 0.6) is 0 Å². The van der Waals surface area contributed by atoms with Crippen LogP contribution in [0, 0.1) is 18.3 Å². The normalized spacial score (nSPS) is 16.0. The number of nitriles is 1. The second-order valence-electron chi connectivity index (χ2n) is 6.27. The first-order valence-electron chi connectivity index (χ1n) is 8.56. The van der Waals surface area contributed by atoms with E-state index < -0.39 is 0 Å². The smallest absolute Gasteiger partial charge is 0.145 e. The number of hydrogen-bond acceptors (Lipinski definition) is 5. The highest BCUT2D eigenvalue weighted by Crippen LogP contribution is 2.17. The van der Waals surface area contributed by atoms with Gasteiger partial charge in [-0.3, -0.25) is 9.58 Å². The fraction of sp³-hybridized carbons (Fsp3) is 0.500. The first-order chi connectivity index (χ1) is 11.7. The molecule has 6 nitrogen and oxygen atoms in total. The second-order valence-corrected chi connectivity index (χ2v) is 6.27. The Bertz CT molecular complexity index is 729. The van der Waals surface area contributed by atoms with Gasteiger partial charge in [-0.25, -0.2) is 4.98 Å². The molecule has 2 aromatic heterocycles. The van der Waals surface area contributed by atoms with E-state index in [1.807, 2.05) is 29.9 Å². The third-order valence-corrected chi connectivity index (χ3v) is 4.52. The van der Waals surface area contributed by atoms with Crippen LogP contribution in [0.1, 0.15) is 30.2 Å². The van der Waals surface area contributed by atoms with Crippen LogP contribution >= 0.6 is 0 Å². The summed E-state index contributed by atoms with van der Waals surface area (Å²) in [5, 5.41) is 13.5. The molecule has 24 heavy (non-hydrogen) atoms. The molecular formula is C18H24N6. The lowest BCUT2D eigenvalue weighted by atomic mass is 10.2. The molecule has 3 heterocycles. The molecule has 0 radical (unpaired) electrons. The minimum Gasteiger partial charge on any atom is -0.355 e. The van der Waals surface area contributed by atoms with Crippen LogP contribution in [0.3, 0.4) is 0 Å². The zero-order chi connectivity index (χ0) is 16.9. The zero-order valence-electron chi connectivity index (χ0n) is 14.4. The van der Waals surface area contributed by atoms with E-state index in [1.165, 1.54) is 5.56 Å². The molecule has 1 saturated heterocycles. The second kappa shape index (κ2) is 7.45. The molecule has 126 valence electrons. The Kier molecular flexibility index (Phi) is 5.11. The van der Waals surface area contributed by atoms with Gasteiger partial charge in [0.25, 0.3) is 0 Å². The van der Waals surface area contributed by atoms with Crippen molar-refractivity contribution in [2.45, 2.75) is 33.4 Å². The van der Waals surface area contributed by atoms with E-state index in [-0.39, 0.29) is 0 Å².